The van der Waals surface area contributed by atoms with E-state index in [0.717, 1.165) is 5.56 Å². The smallest absolute Gasteiger partial charge is 0.242 e. The highest BCUT2D eigenvalue weighted by Crippen LogP contribution is 2.20. The van der Waals surface area contributed by atoms with Gasteiger partial charge in [-0.2, -0.15) is 0 Å². The molecule has 0 aliphatic carbocycles. The molecule has 0 unspecified atom stereocenters. The lowest BCUT2D eigenvalue weighted by molar-refractivity contribution is 0.580. The zero-order valence-electron chi connectivity index (χ0n) is 14.0. The van der Waals surface area contributed by atoms with Gasteiger partial charge >= 0.3 is 0 Å². The second kappa shape index (κ2) is 9.72. The van der Waals surface area contributed by atoms with E-state index in [4.69, 9.17) is 23.2 Å². The monoisotopic (exact) mass is 415 g/mol. The van der Waals surface area contributed by atoms with Gasteiger partial charge < -0.3 is 10.6 Å². The van der Waals surface area contributed by atoms with E-state index in [0.29, 0.717) is 29.1 Å². The van der Waals surface area contributed by atoms with Crippen LogP contribution in [0.1, 0.15) is 5.56 Å². The van der Waals surface area contributed by atoms with E-state index >= 15 is 0 Å². The molecular formula is C16H19Cl2N5O2S. The zero-order valence-corrected chi connectivity index (χ0v) is 16.4. The van der Waals surface area contributed by atoms with E-state index in [1.54, 1.807) is 25.2 Å². The minimum Gasteiger partial charge on any atom is -0.355 e. The van der Waals surface area contributed by atoms with E-state index in [-0.39, 0.29) is 11.4 Å². The van der Waals surface area contributed by atoms with Crippen molar-refractivity contribution in [3.05, 3.63) is 58.3 Å². The molecule has 0 aliphatic heterocycles. The molecule has 10 heteroatoms. The molecule has 7 nitrogen and oxygen atoms in total. The minimum atomic E-state index is -3.57. The van der Waals surface area contributed by atoms with Crippen molar-refractivity contribution >= 4 is 39.2 Å². The normalized spacial score (nSPS) is 12.0. The number of rotatable bonds is 7. The molecule has 140 valence electrons. The van der Waals surface area contributed by atoms with E-state index < -0.39 is 10.0 Å². The number of benzene rings is 1. The third-order valence-electron chi connectivity index (χ3n) is 3.34. The summed E-state index contributed by atoms with van der Waals surface area (Å²) < 4.78 is 26.6. The molecule has 0 radical (unpaired) electrons. The van der Waals surface area contributed by atoms with Gasteiger partial charge in [-0.05, 0) is 29.8 Å². The number of sulfonamides is 1. The number of nitrogens with zero attached hydrogens (tertiary/aromatic N) is 2. The first-order valence-electron chi connectivity index (χ1n) is 7.70. The molecule has 2 aromatic rings. The van der Waals surface area contributed by atoms with Gasteiger partial charge in [-0.1, -0.05) is 29.3 Å². The quantitative estimate of drug-likeness (QED) is 0.365. The number of nitrogens with one attached hydrogen (secondary N) is 3. The molecule has 0 fully saturated rings. The summed E-state index contributed by atoms with van der Waals surface area (Å²) in [5.74, 6) is 0.525. The highest BCUT2D eigenvalue weighted by molar-refractivity contribution is 7.89. The van der Waals surface area contributed by atoms with Gasteiger partial charge in [-0.3, -0.25) is 9.98 Å². The molecule has 0 saturated carbocycles. The van der Waals surface area contributed by atoms with Gasteiger partial charge in [0.05, 0.1) is 0 Å². The van der Waals surface area contributed by atoms with E-state index in [1.807, 2.05) is 6.07 Å². The first-order valence-corrected chi connectivity index (χ1v) is 9.94. The summed E-state index contributed by atoms with van der Waals surface area (Å²) >= 11 is 12.0. The van der Waals surface area contributed by atoms with Crippen LogP contribution in [-0.2, 0) is 16.6 Å². The Balaban J connectivity index is 1.79. The second-order valence-electron chi connectivity index (χ2n) is 5.17. The summed E-state index contributed by atoms with van der Waals surface area (Å²) in [4.78, 5) is 8.01. The van der Waals surface area contributed by atoms with Crippen molar-refractivity contribution in [3.63, 3.8) is 0 Å². The summed E-state index contributed by atoms with van der Waals surface area (Å²) in [6.45, 7) is 1.00. The lowest BCUT2D eigenvalue weighted by atomic mass is 10.2. The molecule has 0 spiro atoms. The third kappa shape index (κ3) is 6.14. The van der Waals surface area contributed by atoms with Crippen LogP contribution in [-0.4, -0.2) is 39.5 Å². The van der Waals surface area contributed by atoms with Crippen molar-refractivity contribution < 1.29 is 8.42 Å². The zero-order chi connectivity index (χ0) is 19.0. The molecule has 26 heavy (non-hydrogen) atoms. The van der Waals surface area contributed by atoms with Crippen LogP contribution in [0.4, 0.5) is 0 Å². The Bertz CT molecular complexity index is 860. The summed E-state index contributed by atoms with van der Waals surface area (Å²) in [5.41, 5.74) is 0.872. The molecule has 0 bridgehead atoms. The summed E-state index contributed by atoms with van der Waals surface area (Å²) in [6, 6.07) is 8.31. The average Bonchev–Trinajstić information content (AvgIpc) is 2.63. The van der Waals surface area contributed by atoms with Gasteiger partial charge in [0.25, 0.3) is 0 Å². The van der Waals surface area contributed by atoms with Crippen LogP contribution in [0.2, 0.25) is 10.0 Å². The van der Waals surface area contributed by atoms with Gasteiger partial charge in [0, 0.05) is 49.1 Å². The van der Waals surface area contributed by atoms with E-state index in [1.165, 1.54) is 18.5 Å². The van der Waals surface area contributed by atoms with Crippen LogP contribution in [0.25, 0.3) is 0 Å². The number of hydrogen-bond donors (Lipinski definition) is 3. The number of hydrogen-bond acceptors (Lipinski definition) is 4. The van der Waals surface area contributed by atoms with Crippen molar-refractivity contribution in [2.24, 2.45) is 4.99 Å². The van der Waals surface area contributed by atoms with Crippen molar-refractivity contribution in [3.8, 4) is 0 Å². The van der Waals surface area contributed by atoms with Crippen molar-refractivity contribution in [1.29, 1.82) is 0 Å². The van der Waals surface area contributed by atoms with Crippen LogP contribution < -0.4 is 15.4 Å². The first-order chi connectivity index (χ1) is 12.4. The molecule has 3 N–H and O–H groups in total. The molecular weight excluding hydrogens is 397 g/mol. The Morgan fingerprint density at radius 2 is 2.00 bits per heavy atom. The number of aliphatic imine (C=N–C) groups is 1. The minimum absolute atomic E-state index is 0.125. The van der Waals surface area contributed by atoms with Gasteiger partial charge in [0.15, 0.2) is 5.96 Å². The third-order valence-corrected chi connectivity index (χ3v) is 5.37. The fourth-order valence-electron chi connectivity index (χ4n) is 2.02. The summed E-state index contributed by atoms with van der Waals surface area (Å²) in [6.07, 6.45) is 2.81. The standard InChI is InChI=1S/C16H19Cl2N5O2S/c1-19-16(22-10-12-4-5-13(17)9-15(12)18)21-7-8-23-26(24,25)14-3-2-6-20-11-14/h2-6,9,11,23H,7-8,10H2,1H3,(H2,19,21,22). The van der Waals surface area contributed by atoms with Crippen molar-refractivity contribution in [2.75, 3.05) is 20.1 Å². The Morgan fingerprint density at radius 1 is 1.19 bits per heavy atom. The molecule has 2 rings (SSSR count). The molecule has 0 saturated heterocycles. The maximum absolute atomic E-state index is 12.1. The Kier molecular flexibility index (Phi) is 7.65. The SMILES string of the molecule is CN=C(NCCNS(=O)(=O)c1cccnc1)NCc1ccc(Cl)cc1Cl. The van der Waals surface area contributed by atoms with Gasteiger partial charge in [0.2, 0.25) is 10.0 Å². The van der Waals surface area contributed by atoms with Gasteiger partial charge in [-0.25, -0.2) is 13.1 Å². The van der Waals surface area contributed by atoms with Crippen LogP contribution in [0, 0.1) is 0 Å². The summed E-state index contributed by atoms with van der Waals surface area (Å²) in [5, 5.41) is 7.25. The van der Waals surface area contributed by atoms with E-state index in [2.05, 4.69) is 25.3 Å². The highest BCUT2D eigenvalue weighted by Gasteiger charge is 2.12. The molecule has 1 heterocycles. The number of aromatic nitrogens is 1. The predicted octanol–water partition coefficient (Wildman–Crippen LogP) is 2.03. The molecule has 0 amide bonds. The van der Waals surface area contributed by atoms with Crippen LogP contribution >= 0.6 is 23.2 Å². The largest absolute Gasteiger partial charge is 0.355 e. The average molecular weight is 416 g/mol. The predicted molar refractivity (Wildman–Crippen MR) is 104 cm³/mol. The molecule has 0 atom stereocenters. The Hall–Kier alpha value is -1.87. The molecule has 1 aromatic heterocycles. The fourth-order valence-corrected chi connectivity index (χ4v) is 3.49. The number of guanidine groups is 1. The summed E-state index contributed by atoms with van der Waals surface area (Å²) in [7, 11) is -1.95. The van der Waals surface area contributed by atoms with Crippen LogP contribution in [0.5, 0.6) is 0 Å². The topological polar surface area (TPSA) is 95.5 Å². The van der Waals surface area contributed by atoms with E-state index in [9.17, 15) is 8.42 Å². The maximum atomic E-state index is 12.1. The number of halogens is 2. The van der Waals surface area contributed by atoms with Gasteiger partial charge in [-0.15, -0.1) is 0 Å². The highest BCUT2D eigenvalue weighted by atomic mass is 35.5. The van der Waals surface area contributed by atoms with Crippen molar-refractivity contribution in [1.82, 2.24) is 20.3 Å². The number of pyridine rings is 1. The van der Waals surface area contributed by atoms with Gasteiger partial charge in [0.1, 0.15) is 4.90 Å². The lowest BCUT2D eigenvalue weighted by Gasteiger charge is -2.13. The molecule has 1 aromatic carbocycles. The van der Waals surface area contributed by atoms with Crippen molar-refractivity contribution in [2.45, 2.75) is 11.4 Å². The Labute approximate surface area is 162 Å². The first kappa shape index (κ1) is 20.4. The second-order valence-corrected chi connectivity index (χ2v) is 7.79. The molecule has 0 aliphatic rings. The lowest BCUT2D eigenvalue weighted by Crippen LogP contribution is -2.41. The van der Waals surface area contributed by atoms with Crippen LogP contribution in [0.3, 0.4) is 0 Å². The van der Waals surface area contributed by atoms with Crippen LogP contribution in [0.15, 0.2) is 52.6 Å². The Morgan fingerprint density at radius 3 is 2.65 bits per heavy atom. The fraction of sp³-hybridized carbons (Fsp3) is 0.250. The maximum Gasteiger partial charge on any atom is 0.242 e.